The fourth-order valence-electron chi connectivity index (χ4n) is 2.68. The van der Waals surface area contributed by atoms with E-state index in [1.54, 1.807) is 17.0 Å². The van der Waals surface area contributed by atoms with Crippen LogP contribution in [0.1, 0.15) is 10.5 Å². The zero-order valence-electron chi connectivity index (χ0n) is 13.4. The average molecular weight is 345 g/mol. The molecule has 4 aromatic rings. The summed E-state index contributed by atoms with van der Waals surface area (Å²) in [6.07, 6.45) is 1.70. The van der Waals surface area contributed by atoms with Crippen LogP contribution in [0.2, 0.25) is 0 Å². The van der Waals surface area contributed by atoms with E-state index >= 15 is 0 Å². The van der Waals surface area contributed by atoms with Crippen LogP contribution in [0.3, 0.4) is 0 Å². The number of anilines is 1. The molecule has 0 radical (unpaired) electrons. The predicted octanol–water partition coefficient (Wildman–Crippen LogP) is 4.68. The normalized spacial score (nSPS) is 10.9. The Kier molecular flexibility index (Phi) is 3.99. The molecule has 1 amide bonds. The third-order valence-electron chi connectivity index (χ3n) is 3.89. The first-order valence-corrected chi connectivity index (χ1v) is 8.72. The Labute approximate surface area is 149 Å². The lowest BCUT2D eigenvalue weighted by atomic mass is 10.2. The molecule has 25 heavy (non-hydrogen) atoms. The van der Waals surface area contributed by atoms with Gasteiger partial charge >= 0.3 is 0 Å². The molecule has 0 aliphatic carbocycles. The second-order valence-corrected chi connectivity index (χ2v) is 6.57. The molecule has 0 fully saturated rings. The van der Waals surface area contributed by atoms with Crippen LogP contribution in [0.15, 0.2) is 73.3 Å². The summed E-state index contributed by atoms with van der Waals surface area (Å²) in [5.41, 5.74) is 2.09. The maximum absolute atomic E-state index is 13.0. The molecule has 0 N–H and O–H groups in total. The van der Waals surface area contributed by atoms with Gasteiger partial charge < -0.3 is 0 Å². The number of para-hydroxylation sites is 2. The van der Waals surface area contributed by atoms with E-state index in [1.165, 1.54) is 11.3 Å². The average Bonchev–Trinajstić information content (AvgIpc) is 3.09. The van der Waals surface area contributed by atoms with Crippen molar-refractivity contribution in [2.24, 2.45) is 0 Å². The van der Waals surface area contributed by atoms with Crippen LogP contribution >= 0.6 is 11.3 Å². The molecule has 2 heterocycles. The minimum atomic E-state index is -0.176. The summed E-state index contributed by atoms with van der Waals surface area (Å²) in [6, 6.07) is 19.3. The van der Waals surface area contributed by atoms with E-state index < -0.39 is 0 Å². The number of hydrogen-bond donors (Lipinski definition) is 0. The fraction of sp³-hybridized carbons (Fsp3) is 0.0500. The molecule has 0 bridgehead atoms. The van der Waals surface area contributed by atoms with Crippen molar-refractivity contribution in [1.82, 2.24) is 9.97 Å². The number of nitrogens with zero attached hydrogens (tertiary/aromatic N) is 3. The first kappa shape index (κ1) is 15.5. The summed E-state index contributed by atoms with van der Waals surface area (Å²) in [7, 11) is 0. The third-order valence-corrected chi connectivity index (χ3v) is 4.95. The van der Waals surface area contributed by atoms with Crippen LogP contribution in [0.5, 0.6) is 0 Å². The Balaban J connectivity index is 1.76. The monoisotopic (exact) mass is 345 g/mol. The first-order chi connectivity index (χ1) is 12.3. The lowest BCUT2D eigenvalue weighted by Crippen LogP contribution is -2.31. The molecule has 122 valence electrons. The highest BCUT2D eigenvalue weighted by Gasteiger charge is 2.21. The molecule has 0 spiro atoms. The van der Waals surface area contributed by atoms with E-state index in [2.05, 4.69) is 16.5 Å². The van der Waals surface area contributed by atoms with Gasteiger partial charge in [0.05, 0.1) is 15.7 Å². The Morgan fingerprint density at radius 1 is 1.00 bits per heavy atom. The molecule has 2 aromatic heterocycles. The van der Waals surface area contributed by atoms with Crippen molar-refractivity contribution in [3.05, 3.63) is 79.0 Å². The number of carbonyl (C=O) groups is 1. The van der Waals surface area contributed by atoms with E-state index in [9.17, 15) is 4.79 Å². The zero-order chi connectivity index (χ0) is 17.2. The van der Waals surface area contributed by atoms with Crippen LogP contribution in [0.4, 0.5) is 5.13 Å². The topological polar surface area (TPSA) is 46.1 Å². The largest absolute Gasteiger partial charge is 0.279 e. The Bertz CT molecular complexity index is 1050. The molecule has 0 unspecified atom stereocenters. The van der Waals surface area contributed by atoms with Gasteiger partial charge in [0, 0.05) is 11.9 Å². The number of carbonyl (C=O) groups excluding carboxylic acids is 1. The molecule has 0 saturated heterocycles. The molecule has 0 aliphatic rings. The summed E-state index contributed by atoms with van der Waals surface area (Å²) in [5, 5.41) is 1.66. The van der Waals surface area contributed by atoms with Crippen molar-refractivity contribution in [2.75, 3.05) is 11.4 Å². The maximum atomic E-state index is 13.0. The number of pyridine rings is 1. The number of benzene rings is 2. The highest BCUT2D eigenvalue weighted by atomic mass is 32.1. The van der Waals surface area contributed by atoms with Gasteiger partial charge in [-0.2, -0.15) is 0 Å². The van der Waals surface area contributed by atoms with Gasteiger partial charge in [-0.1, -0.05) is 53.8 Å². The van der Waals surface area contributed by atoms with Gasteiger partial charge in [-0.15, -0.1) is 6.58 Å². The summed E-state index contributed by atoms with van der Waals surface area (Å²) in [5.74, 6) is -0.176. The number of rotatable bonds is 4. The Morgan fingerprint density at radius 2 is 1.76 bits per heavy atom. The maximum Gasteiger partial charge on any atom is 0.278 e. The SMILES string of the molecule is C=CCN(C(=O)c1ccc2ccccc2n1)c1nc2ccccc2s1. The fourth-order valence-corrected chi connectivity index (χ4v) is 3.65. The molecule has 4 rings (SSSR count). The van der Waals surface area contributed by atoms with Gasteiger partial charge in [0.15, 0.2) is 5.13 Å². The van der Waals surface area contributed by atoms with Crippen molar-refractivity contribution in [1.29, 1.82) is 0 Å². The van der Waals surface area contributed by atoms with Gasteiger partial charge in [0.1, 0.15) is 5.69 Å². The summed E-state index contributed by atoms with van der Waals surface area (Å²) >= 11 is 1.49. The van der Waals surface area contributed by atoms with E-state index in [0.29, 0.717) is 17.4 Å². The van der Waals surface area contributed by atoms with Crippen molar-refractivity contribution >= 4 is 43.5 Å². The highest BCUT2D eigenvalue weighted by molar-refractivity contribution is 7.22. The van der Waals surface area contributed by atoms with E-state index in [-0.39, 0.29) is 5.91 Å². The van der Waals surface area contributed by atoms with Crippen LogP contribution in [-0.2, 0) is 0 Å². The van der Waals surface area contributed by atoms with Crippen LogP contribution in [-0.4, -0.2) is 22.4 Å². The summed E-state index contributed by atoms with van der Waals surface area (Å²) < 4.78 is 1.05. The molecular formula is C20H15N3OS. The lowest BCUT2D eigenvalue weighted by Gasteiger charge is -2.17. The second kappa shape index (κ2) is 6.45. The number of fused-ring (bicyclic) bond motifs is 2. The number of amides is 1. The molecular weight excluding hydrogens is 330 g/mol. The quantitative estimate of drug-likeness (QED) is 0.505. The standard InChI is InChI=1S/C20H15N3OS/c1-2-13-23(20-22-16-9-5-6-10-18(16)25-20)19(24)17-12-11-14-7-3-4-8-15(14)21-17/h2-12H,1,13H2. The third kappa shape index (κ3) is 2.90. The molecule has 0 atom stereocenters. The van der Waals surface area contributed by atoms with Crippen LogP contribution in [0.25, 0.3) is 21.1 Å². The highest BCUT2D eigenvalue weighted by Crippen LogP contribution is 2.29. The minimum absolute atomic E-state index is 0.176. The molecule has 2 aromatic carbocycles. The van der Waals surface area contributed by atoms with Crippen LogP contribution in [0, 0.1) is 0 Å². The number of aromatic nitrogens is 2. The lowest BCUT2D eigenvalue weighted by molar-refractivity contribution is 0.0985. The van der Waals surface area contributed by atoms with Crippen molar-refractivity contribution < 1.29 is 4.79 Å². The van der Waals surface area contributed by atoms with Crippen molar-refractivity contribution in [3.8, 4) is 0 Å². The molecule has 0 saturated carbocycles. The smallest absolute Gasteiger partial charge is 0.278 e. The predicted molar refractivity (Wildman–Crippen MR) is 103 cm³/mol. The van der Waals surface area contributed by atoms with E-state index in [1.807, 2.05) is 54.6 Å². The van der Waals surface area contributed by atoms with Crippen LogP contribution < -0.4 is 4.90 Å². The van der Waals surface area contributed by atoms with Gasteiger partial charge in [-0.05, 0) is 24.3 Å². The summed E-state index contributed by atoms with van der Waals surface area (Å²) in [4.78, 5) is 23.8. The molecule has 5 heteroatoms. The molecule has 0 aliphatic heterocycles. The Hall–Kier alpha value is -3.05. The van der Waals surface area contributed by atoms with Gasteiger partial charge in [0.25, 0.3) is 5.91 Å². The minimum Gasteiger partial charge on any atom is -0.279 e. The summed E-state index contributed by atoms with van der Waals surface area (Å²) in [6.45, 7) is 4.15. The van der Waals surface area contributed by atoms with E-state index in [0.717, 1.165) is 21.1 Å². The van der Waals surface area contributed by atoms with Gasteiger partial charge in [0.2, 0.25) is 0 Å². The van der Waals surface area contributed by atoms with E-state index in [4.69, 9.17) is 0 Å². The second-order valence-electron chi connectivity index (χ2n) is 5.56. The van der Waals surface area contributed by atoms with Gasteiger partial charge in [-0.25, -0.2) is 9.97 Å². The zero-order valence-corrected chi connectivity index (χ0v) is 14.2. The Morgan fingerprint density at radius 3 is 2.56 bits per heavy atom. The first-order valence-electron chi connectivity index (χ1n) is 7.90. The van der Waals surface area contributed by atoms with Crippen molar-refractivity contribution in [2.45, 2.75) is 0 Å². The van der Waals surface area contributed by atoms with Gasteiger partial charge in [-0.3, -0.25) is 9.69 Å². The van der Waals surface area contributed by atoms with Crippen molar-refractivity contribution in [3.63, 3.8) is 0 Å². The number of hydrogen-bond acceptors (Lipinski definition) is 4. The number of thiazole rings is 1. The molecule has 4 nitrogen and oxygen atoms in total.